The van der Waals surface area contributed by atoms with Crippen molar-refractivity contribution in [3.63, 3.8) is 0 Å². The van der Waals surface area contributed by atoms with Gasteiger partial charge in [-0.15, -0.1) is 11.3 Å². The predicted molar refractivity (Wildman–Crippen MR) is 43.3 cm³/mol. The van der Waals surface area contributed by atoms with Crippen LogP contribution in [0.4, 0.5) is 13.2 Å². The van der Waals surface area contributed by atoms with Crippen molar-refractivity contribution in [1.29, 1.82) is 0 Å². The number of aliphatic hydroxyl groups is 1. The van der Waals surface area contributed by atoms with Crippen molar-refractivity contribution in [1.82, 2.24) is 0 Å². The number of rotatable bonds is 2. The molecule has 0 aliphatic rings. The Kier molecular flexibility index (Phi) is 2.65. The molecular formula is C7H8F3NOS. The van der Waals surface area contributed by atoms with Crippen LogP contribution in [0.2, 0.25) is 0 Å². The molecule has 6 heteroatoms. The quantitative estimate of drug-likeness (QED) is 0.777. The molecule has 74 valence electrons. The molecular weight excluding hydrogens is 203 g/mol. The molecule has 1 rings (SSSR count). The summed E-state index contributed by atoms with van der Waals surface area (Å²) in [7, 11) is 0. The summed E-state index contributed by atoms with van der Waals surface area (Å²) in [6.45, 7) is -0.864. The van der Waals surface area contributed by atoms with Crippen molar-refractivity contribution in [3.8, 4) is 0 Å². The summed E-state index contributed by atoms with van der Waals surface area (Å²) in [5.41, 5.74) is 2.02. The van der Waals surface area contributed by atoms with Crippen LogP contribution in [-0.4, -0.2) is 17.8 Å². The summed E-state index contributed by atoms with van der Waals surface area (Å²) in [6.07, 6.45) is -4.73. The SMILES string of the molecule is NC[C@@](O)(c1cccs1)C(F)(F)F. The summed E-state index contributed by atoms with van der Waals surface area (Å²) < 4.78 is 37.0. The minimum Gasteiger partial charge on any atom is -0.375 e. The van der Waals surface area contributed by atoms with Gasteiger partial charge in [-0.25, -0.2) is 0 Å². The number of nitrogens with two attached hydrogens (primary N) is 1. The highest BCUT2D eigenvalue weighted by atomic mass is 32.1. The monoisotopic (exact) mass is 211 g/mol. The van der Waals surface area contributed by atoms with E-state index in [0.29, 0.717) is 0 Å². The molecule has 1 heterocycles. The fourth-order valence-electron chi connectivity index (χ4n) is 0.870. The van der Waals surface area contributed by atoms with Crippen LogP contribution in [0.5, 0.6) is 0 Å². The van der Waals surface area contributed by atoms with E-state index in [1.54, 1.807) is 0 Å². The lowest BCUT2D eigenvalue weighted by molar-refractivity contribution is -0.260. The Morgan fingerprint density at radius 1 is 1.46 bits per heavy atom. The van der Waals surface area contributed by atoms with Gasteiger partial charge in [-0.1, -0.05) is 6.07 Å². The van der Waals surface area contributed by atoms with E-state index >= 15 is 0 Å². The highest BCUT2D eigenvalue weighted by molar-refractivity contribution is 7.10. The lowest BCUT2D eigenvalue weighted by atomic mass is 10.0. The smallest absolute Gasteiger partial charge is 0.375 e. The largest absolute Gasteiger partial charge is 0.423 e. The van der Waals surface area contributed by atoms with Gasteiger partial charge in [0.25, 0.3) is 0 Å². The molecule has 0 radical (unpaired) electrons. The minimum atomic E-state index is -4.73. The summed E-state index contributed by atoms with van der Waals surface area (Å²) in [4.78, 5) is -0.178. The van der Waals surface area contributed by atoms with Gasteiger partial charge in [-0.05, 0) is 11.4 Å². The van der Waals surface area contributed by atoms with Crippen LogP contribution in [0.15, 0.2) is 17.5 Å². The third-order valence-electron chi connectivity index (χ3n) is 1.69. The van der Waals surface area contributed by atoms with E-state index < -0.39 is 18.3 Å². The number of thiophene rings is 1. The normalized spacial score (nSPS) is 17.0. The molecule has 2 nitrogen and oxygen atoms in total. The third-order valence-corrected chi connectivity index (χ3v) is 2.71. The molecule has 1 aromatic heterocycles. The first-order valence-corrected chi connectivity index (χ1v) is 4.33. The molecule has 0 bridgehead atoms. The molecule has 1 aromatic rings. The maximum atomic E-state index is 12.3. The molecule has 0 saturated heterocycles. The van der Waals surface area contributed by atoms with Crippen LogP contribution in [-0.2, 0) is 5.60 Å². The van der Waals surface area contributed by atoms with Crippen LogP contribution in [0.1, 0.15) is 4.88 Å². The lowest BCUT2D eigenvalue weighted by Gasteiger charge is -2.27. The van der Waals surface area contributed by atoms with E-state index in [2.05, 4.69) is 0 Å². The Hall–Kier alpha value is -0.590. The fraction of sp³-hybridized carbons (Fsp3) is 0.429. The van der Waals surface area contributed by atoms with Crippen LogP contribution in [0, 0.1) is 0 Å². The Morgan fingerprint density at radius 2 is 2.08 bits per heavy atom. The molecule has 0 aliphatic carbocycles. The van der Waals surface area contributed by atoms with E-state index in [4.69, 9.17) is 5.73 Å². The first kappa shape index (κ1) is 10.5. The standard InChI is InChI=1S/C7H8F3NOS/c8-7(9,10)6(12,4-11)5-2-1-3-13-5/h1-3,12H,4,11H2/t6-/m1/s1. The molecule has 0 unspecified atom stereocenters. The van der Waals surface area contributed by atoms with Crippen molar-refractivity contribution in [2.24, 2.45) is 5.73 Å². The van der Waals surface area contributed by atoms with E-state index in [0.717, 1.165) is 11.3 Å². The van der Waals surface area contributed by atoms with Crippen molar-refractivity contribution >= 4 is 11.3 Å². The summed E-state index contributed by atoms with van der Waals surface area (Å²) in [5.74, 6) is 0. The number of halogens is 3. The van der Waals surface area contributed by atoms with Crippen molar-refractivity contribution in [3.05, 3.63) is 22.4 Å². The summed E-state index contributed by atoms with van der Waals surface area (Å²) in [6, 6.07) is 2.65. The van der Waals surface area contributed by atoms with Gasteiger partial charge >= 0.3 is 6.18 Å². The Morgan fingerprint density at radius 3 is 2.38 bits per heavy atom. The van der Waals surface area contributed by atoms with Gasteiger partial charge in [0.15, 0.2) is 0 Å². The predicted octanol–water partition coefficient (Wildman–Crippen LogP) is 1.46. The Balaban J connectivity index is 3.09. The second kappa shape index (κ2) is 3.28. The minimum absolute atomic E-state index is 0.178. The number of hydrogen-bond acceptors (Lipinski definition) is 3. The summed E-state index contributed by atoms with van der Waals surface area (Å²) >= 11 is 0.831. The molecule has 0 aromatic carbocycles. The Bertz CT molecular complexity index is 272. The first-order valence-electron chi connectivity index (χ1n) is 3.45. The first-order chi connectivity index (χ1) is 5.92. The average Bonchev–Trinajstić information content (AvgIpc) is 2.52. The second-order valence-electron chi connectivity index (χ2n) is 2.54. The molecule has 0 aliphatic heterocycles. The molecule has 1 atom stereocenters. The lowest BCUT2D eigenvalue weighted by Crippen LogP contribution is -2.47. The van der Waals surface area contributed by atoms with Gasteiger partial charge < -0.3 is 10.8 Å². The van der Waals surface area contributed by atoms with Crippen LogP contribution < -0.4 is 5.73 Å². The zero-order valence-corrected chi connectivity index (χ0v) is 7.32. The van der Waals surface area contributed by atoms with Gasteiger partial charge in [0.05, 0.1) is 0 Å². The van der Waals surface area contributed by atoms with Crippen LogP contribution in [0.25, 0.3) is 0 Å². The molecule has 0 saturated carbocycles. The third kappa shape index (κ3) is 1.70. The maximum Gasteiger partial charge on any atom is 0.423 e. The van der Waals surface area contributed by atoms with E-state index in [9.17, 15) is 18.3 Å². The second-order valence-corrected chi connectivity index (χ2v) is 3.49. The van der Waals surface area contributed by atoms with Crippen LogP contribution in [0.3, 0.4) is 0 Å². The number of alkyl halides is 3. The highest BCUT2D eigenvalue weighted by Gasteiger charge is 2.54. The van der Waals surface area contributed by atoms with Gasteiger partial charge in [-0.3, -0.25) is 0 Å². The van der Waals surface area contributed by atoms with Crippen molar-refractivity contribution in [2.45, 2.75) is 11.8 Å². The molecule has 0 fully saturated rings. The van der Waals surface area contributed by atoms with Gasteiger partial charge in [0, 0.05) is 11.4 Å². The molecule has 0 amide bonds. The fourth-order valence-corrected chi connectivity index (χ4v) is 1.72. The molecule has 3 N–H and O–H groups in total. The summed E-state index contributed by atoms with van der Waals surface area (Å²) in [5, 5.41) is 10.7. The Labute approximate surface area is 76.8 Å². The van der Waals surface area contributed by atoms with Gasteiger partial charge in [-0.2, -0.15) is 13.2 Å². The van der Waals surface area contributed by atoms with E-state index in [-0.39, 0.29) is 4.88 Å². The topological polar surface area (TPSA) is 46.2 Å². The average molecular weight is 211 g/mol. The zero-order valence-electron chi connectivity index (χ0n) is 6.51. The van der Waals surface area contributed by atoms with E-state index in [1.807, 2.05) is 0 Å². The van der Waals surface area contributed by atoms with E-state index in [1.165, 1.54) is 17.5 Å². The van der Waals surface area contributed by atoms with Crippen LogP contribution >= 0.6 is 11.3 Å². The molecule has 13 heavy (non-hydrogen) atoms. The van der Waals surface area contributed by atoms with Gasteiger partial charge in [0.1, 0.15) is 0 Å². The maximum absolute atomic E-state index is 12.3. The van der Waals surface area contributed by atoms with Gasteiger partial charge in [0.2, 0.25) is 5.60 Å². The van der Waals surface area contributed by atoms with Crippen molar-refractivity contribution < 1.29 is 18.3 Å². The molecule has 0 spiro atoms. The highest BCUT2D eigenvalue weighted by Crippen LogP contribution is 2.39. The zero-order chi connectivity index (χ0) is 10.1. The number of hydrogen-bond donors (Lipinski definition) is 2. The van der Waals surface area contributed by atoms with Crippen molar-refractivity contribution in [2.75, 3.05) is 6.54 Å².